The molecule has 2 rings (SSSR count). The molecular weight excluding hydrogens is 160 g/mol. The van der Waals surface area contributed by atoms with Gasteiger partial charge in [0.25, 0.3) is 0 Å². The maximum Gasteiger partial charge on any atom is -0.00202 e. The lowest BCUT2D eigenvalue weighted by Crippen LogP contribution is -2.41. The molecule has 1 aliphatic heterocycles. The Morgan fingerprint density at radius 2 is 1.77 bits per heavy atom. The van der Waals surface area contributed by atoms with Gasteiger partial charge in [0.1, 0.15) is 0 Å². The largest absolute Gasteiger partial charge is 0.330 e. The van der Waals surface area contributed by atoms with Crippen LogP contribution in [0.4, 0.5) is 0 Å². The molecule has 1 heterocycles. The first-order valence-electron chi connectivity index (χ1n) is 5.79. The van der Waals surface area contributed by atoms with Crippen LogP contribution in [0.5, 0.6) is 0 Å². The molecule has 0 aromatic rings. The van der Waals surface area contributed by atoms with E-state index in [1.165, 1.54) is 45.2 Å². The second-order valence-corrected chi connectivity index (χ2v) is 4.89. The minimum absolute atomic E-state index is 0.879. The molecule has 0 aromatic heterocycles. The summed E-state index contributed by atoms with van der Waals surface area (Å²) in [5.74, 6) is 2.96. The summed E-state index contributed by atoms with van der Waals surface area (Å²) in [5.41, 5.74) is 5.55. The highest BCUT2D eigenvalue weighted by molar-refractivity contribution is 4.85. The van der Waals surface area contributed by atoms with Gasteiger partial charge in [-0.05, 0) is 69.5 Å². The normalized spacial score (nSPS) is 39.0. The number of fused-ring (bicyclic) bond motifs is 2. The van der Waals surface area contributed by atoms with Crippen LogP contribution in [0, 0.1) is 17.8 Å². The van der Waals surface area contributed by atoms with Crippen LogP contribution >= 0.6 is 0 Å². The predicted molar refractivity (Wildman–Crippen MR) is 55.5 cm³/mol. The molecule has 2 atom stereocenters. The first-order valence-corrected chi connectivity index (χ1v) is 5.79. The Bertz CT molecular complexity index is 146. The topological polar surface area (TPSA) is 38.0 Å². The molecule has 13 heavy (non-hydrogen) atoms. The van der Waals surface area contributed by atoms with Crippen molar-refractivity contribution in [2.45, 2.75) is 32.1 Å². The molecule has 2 fully saturated rings. The van der Waals surface area contributed by atoms with Crippen LogP contribution in [0.3, 0.4) is 0 Å². The van der Waals surface area contributed by atoms with Crippen LogP contribution < -0.4 is 11.1 Å². The van der Waals surface area contributed by atoms with E-state index >= 15 is 0 Å². The van der Waals surface area contributed by atoms with Gasteiger partial charge in [0.15, 0.2) is 0 Å². The van der Waals surface area contributed by atoms with Crippen LogP contribution in [0.1, 0.15) is 32.1 Å². The molecule has 1 saturated carbocycles. The van der Waals surface area contributed by atoms with E-state index in [2.05, 4.69) is 5.32 Å². The van der Waals surface area contributed by atoms with Gasteiger partial charge in [-0.2, -0.15) is 0 Å². The lowest BCUT2D eigenvalue weighted by atomic mass is 9.72. The first kappa shape index (κ1) is 9.47. The van der Waals surface area contributed by atoms with E-state index in [4.69, 9.17) is 5.73 Å². The molecule has 2 aliphatic rings. The van der Waals surface area contributed by atoms with Gasteiger partial charge in [-0.1, -0.05) is 0 Å². The molecule has 2 heteroatoms. The maximum absolute atomic E-state index is 5.55. The van der Waals surface area contributed by atoms with Crippen molar-refractivity contribution in [2.75, 3.05) is 19.6 Å². The first-order chi connectivity index (χ1) is 6.38. The molecule has 76 valence electrons. The van der Waals surface area contributed by atoms with E-state index in [9.17, 15) is 0 Å². The number of piperidine rings is 1. The molecule has 0 amide bonds. The summed E-state index contributed by atoms with van der Waals surface area (Å²) in [6, 6.07) is 0. The molecule has 0 radical (unpaired) electrons. The van der Waals surface area contributed by atoms with Crippen molar-refractivity contribution in [3.8, 4) is 0 Å². The summed E-state index contributed by atoms with van der Waals surface area (Å²) in [5, 5.41) is 3.54. The fourth-order valence-electron chi connectivity index (χ4n) is 3.17. The summed E-state index contributed by atoms with van der Waals surface area (Å²) in [7, 11) is 0. The molecule has 1 aliphatic carbocycles. The maximum atomic E-state index is 5.55. The lowest BCUT2D eigenvalue weighted by Gasteiger charge is -2.39. The highest BCUT2D eigenvalue weighted by Crippen LogP contribution is 2.37. The molecule has 0 aromatic carbocycles. The Labute approximate surface area is 81.3 Å². The van der Waals surface area contributed by atoms with Crippen molar-refractivity contribution < 1.29 is 0 Å². The molecule has 2 unspecified atom stereocenters. The summed E-state index contributed by atoms with van der Waals surface area (Å²) < 4.78 is 0. The second kappa shape index (κ2) is 4.43. The Balaban J connectivity index is 1.80. The Hall–Kier alpha value is -0.0800. The van der Waals surface area contributed by atoms with Gasteiger partial charge in [-0.25, -0.2) is 0 Å². The second-order valence-electron chi connectivity index (χ2n) is 4.89. The van der Waals surface area contributed by atoms with Gasteiger partial charge in [0.05, 0.1) is 0 Å². The third kappa shape index (κ3) is 2.44. The van der Waals surface area contributed by atoms with Gasteiger partial charge in [0.2, 0.25) is 0 Å². The third-order valence-electron chi connectivity index (χ3n) is 3.68. The number of hydrogen-bond acceptors (Lipinski definition) is 2. The smallest absolute Gasteiger partial charge is 0.00202 e. The van der Waals surface area contributed by atoms with Gasteiger partial charge >= 0.3 is 0 Å². The molecule has 1 saturated heterocycles. The van der Waals surface area contributed by atoms with Gasteiger partial charge in [-0.15, -0.1) is 0 Å². The summed E-state index contributed by atoms with van der Waals surface area (Å²) in [6.07, 6.45) is 7.03. The van der Waals surface area contributed by atoms with E-state index in [-0.39, 0.29) is 0 Å². The fourth-order valence-corrected chi connectivity index (χ4v) is 3.17. The Morgan fingerprint density at radius 3 is 2.38 bits per heavy atom. The molecular formula is C11H22N2. The van der Waals surface area contributed by atoms with Crippen molar-refractivity contribution in [3.63, 3.8) is 0 Å². The Kier molecular flexibility index (Phi) is 3.23. The van der Waals surface area contributed by atoms with Crippen molar-refractivity contribution in [1.82, 2.24) is 5.32 Å². The summed E-state index contributed by atoms with van der Waals surface area (Å²) in [4.78, 5) is 0. The quantitative estimate of drug-likeness (QED) is 0.691. The predicted octanol–water partition coefficient (Wildman–Crippen LogP) is 1.36. The minimum atomic E-state index is 0.879. The van der Waals surface area contributed by atoms with E-state index in [0.717, 1.165) is 24.3 Å². The standard InChI is InChI=1S/C11H22N2/c12-3-1-2-9-4-10-6-11(5-9)8-13-7-10/h9-11,13H,1-8,12H2. The monoisotopic (exact) mass is 182 g/mol. The van der Waals surface area contributed by atoms with Crippen LogP contribution in [0.15, 0.2) is 0 Å². The molecule has 0 spiro atoms. The van der Waals surface area contributed by atoms with Crippen LogP contribution in [-0.4, -0.2) is 19.6 Å². The molecule has 2 bridgehead atoms. The Morgan fingerprint density at radius 1 is 1.08 bits per heavy atom. The fraction of sp³-hybridized carbons (Fsp3) is 1.00. The number of nitrogens with one attached hydrogen (secondary N) is 1. The van der Waals surface area contributed by atoms with E-state index in [0.29, 0.717) is 0 Å². The minimum Gasteiger partial charge on any atom is -0.330 e. The number of nitrogens with two attached hydrogens (primary N) is 1. The SMILES string of the molecule is NCCCC1CC2CNCC(C1)C2. The van der Waals surface area contributed by atoms with Gasteiger partial charge < -0.3 is 11.1 Å². The zero-order valence-corrected chi connectivity index (χ0v) is 8.47. The highest BCUT2D eigenvalue weighted by Gasteiger charge is 2.30. The van der Waals surface area contributed by atoms with E-state index in [1.54, 1.807) is 0 Å². The van der Waals surface area contributed by atoms with Crippen molar-refractivity contribution >= 4 is 0 Å². The molecule has 3 N–H and O–H groups in total. The van der Waals surface area contributed by atoms with Crippen LogP contribution in [0.2, 0.25) is 0 Å². The van der Waals surface area contributed by atoms with Crippen molar-refractivity contribution in [3.05, 3.63) is 0 Å². The summed E-state index contributed by atoms with van der Waals surface area (Å²) in [6.45, 7) is 3.43. The van der Waals surface area contributed by atoms with Gasteiger partial charge in [0, 0.05) is 0 Å². The zero-order valence-electron chi connectivity index (χ0n) is 8.47. The molecule has 2 nitrogen and oxygen atoms in total. The van der Waals surface area contributed by atoms with Crippen molar-refractivity contribution in [2.24, 2.45) is 23.5 Å². The third-order valence-corrected chi connectivity index (χ3v) is 3.68. The number of hydrogen-bond donors (Lipinski definition) is 2. The van der Waals surface area contributed by atoms with E-state index < -0.39 is 0 Å². The lowest BCUT2D eigenvalue weighted by molar-refractivity contribution is 0.145. The number of rotatable bonds is 3. The zero-order chi connectivity index (χ0) is 9.10. The van der Waals surface area contributed by atoms with E-state index in [1.807, 2.05) is 0 Å². The summed E-state index contributed by atoms with van der Waals surface area (Å²) >= 11 is 0. The van der Waals surface area contributed by atoms with Crippen LogP contribution in [-0.2, 0) is 0 Å². The average Bonchev–Trinajstić information content (AvgIpc) is 2.14. The van der Waals surface area contributed by atoms with Gasteiger partial charge in [-0.3, -0.25) is 0 Å². The average molecular weight is 182 g/mol. The van der Waals surface area contributed by atoms with Crippen LogP contribution in [0.25, 0.3) is 0 Å². The highest BCUT2D eigenvalue weighted by atomic mass is 14.9. The van der Waals surface area contributed by atoms with Crippen molar-refractivity contribution in [1.29, 1.82) is 0 Å².